The smallest absolute Gasteiger partial charge is 0.323 e. The van der Waals surface area contributed by atoms with E-state index >= 15 is 0 Å². The van der Waals surface area contributed by atoms with Crippen molar-refractivity contribution >= 4 is 18.4 Å². The molecule has 0 aromatic carbocycles. The minimum Gasteiger partial charge on any atom is -0.462 e. The highest BCUT2D eigenvalue weighted by molar-refractivity contribution is 5.85. The lowest BCUT2D eigenvalue weighted by molar-refractivity contribution is -0.383. The number of halogens is 1. The first-order valence-electron chi connectivity index (χ1n) is 10.4. The lowest BCUT2D eigenvalue weighted by Crippen LogP contribution is -2.63. The Hall–Kier alpha value is -0.720. The lowest BCUT2D eigenvalue weighted by Gasteiger charge is -2.43. The Morgan fingerprint density at radius 2 is 1.67 bits per heavy atom. The van der Waals surface area contributed by atoms with Crippen molar-refractivity contribution in [2.45, 2.75) is 80.1 Å². The van der Waals surface area contributed by atoms with Gasteiger partial charge >= 0.3 is 5.97 Å². The predicted molar refractivity (Wildman–Crippen MR) is 111 cm³/mol. The molecule has 0 bridgehead atoms. The first kappa shape index (κ1) is 30.3. The number of hydrogen-bond donors (Lipinski definition) is 9. The number of rotatable bonds is 11. The number of aliphatic hydroxyl groups excluding tert-OH is 7. The Kier molecular flexibility index (Phi) is 12.3. The van der Waals surface area contributed by atoms with Gasteiger partial charge in [0.2, 0.25) is 5.79 Å². The zero-order valence-corrected chi connectivity index (χ0v) is 18.7. The van der Waals surface area contributed by atoms with E-state index in [1.165, 1.54) is 0 Å². The normalized spacial score (nSPS) is 39.7. The number of aliphatic hydroxyl groups is 7. The van der Waals surface area contributed by atoms with Gasteiger partial charge in [0.1, 0.15) is 62.0 Å². The van der Waals surface area contributed by atoms with E-state index in [-0.39, 0.29) is 12.4 Å². The van der Waals surface area contributed by atoms with Crippen molar-refractivity contribution in [2.75, 3.05) is 26.4 Å². The van der Waals surface area contributed by atoms with Gasteiger partial charge in [0, 0.05) is 0 Å². The molecule has 2 saturated heterocycles. The molecule has 11 N–H and O–H groups in total. The second-order valence-electron chi connectivity index (χ2n) is 7.90. The van der Waals surface area contributed by atoms with Crippen LogP contribution in [0, 0.1) is 0 Å². The molecule has 2 heterocycles. The summed E-state index contributed by atoms with van der Waals surface area (Å²) >= 11 is 0. The average Bonchev–Trinajstić information content (AvgIpc) is 3.03. The summed E-state index contributed by atoms with van der Waals surface area (Å²) in [5.74, 6) is -3.07. The standard InChI is InChI=1S/C18H34N2O12.ClH/c19-4-2-1-3-8(20)16(28)29-6-10-11(23)13(25)14(26)17(30-10)32-18(7-22)15(27)12(24)9(5-21)31-18;/h8-15,17,21-27H,1-7,19-20H2;1H/t8-,9+,10+,11+,12+,13-,14+,15-,17+,18-;/m0./s1. The fourth-order valence-electron chi connectivity index (χ4n) is 3.52. The molecular formula is C18H35ClN2O12. The fourth-order valence-corrected chi connectivity index (χ4v) is 3.52. The van der Waals surface area contributed by atoms with Gasteiger partial charge in [-0.1, -0.05) is 6.42 Å². The van der Waals surface area contributed by atoms with E-state index in [1.807, 2.05) is 0 Å². The van der Waals surface area contributed by atoms with Crippen LogP contribution in [-0.4, -0.2) is 129 Å². The topological polar surface area (TPSA) is 248 Å². The van der Waals surface area contributed by atoms with Crippen molar-refractivity contribution in [1.82, 2.24) is 0 Å². The molecule has 0 spiro atoms. The number of unbranched alkanes of at least 4 members (excludes halogenated alkanes) is 1. The van der Waals surface area contributed by atoms with Crippen molar-refractivity contribution in [2.24, 2.45) is 11.5 Å². The summed E-state index contributed by atoms with van der Waals surface area (Å²) in [5, 5.41) is 69.7. The first-order valence-corrected chi connectivity index (χ1v) is 10.4. The van der Waals surface area contributed by atoms with Gasteiger partial charge in [-0.15, -0.1) is 12.4 Å². The van der Waals surface area contributed by atoms with Crippen molar-refractivity contribution in [3.63, 3.8) is 0 Å². The third-order valence-corrected chi connectivity index (χ3v) is 5.55. The van der Waals surface area contributed by atoms with Crippen LogP contribution in [0.15, 0.2) is 0 Å². The van der Waals surface area contributed by atoms with E-state index in [1.54, 1.807) is 0 Å². The highest BCUT2D eigenvalue weighted by Crippen LogP contribution is 2.36. The van der Waals surface area contributed by atoms with E-state index in [9.17, 15) is 40.5 Å². The summed E-state index contributed by atoms with van der Waals surface area (Å²) in [6.07, 6.45) is -11.6. The summed E-state index contributed by atoms with van der Waals surface area (Å²) in [4.78, 5) is 12.0. The van der Waals surface area contributed by atoms with E-state index < -0.39 is 86.6 Å². The molecular weight excluding hydrogens is 472 g/mol. The van der Waals surface area contributed by atoms with Crippen LogP contribution in [0.3, 0.4) is 0 Å². The van der Waals surface area contributed by atoms with E-state index in [2.05, 4.69) is 0 Å². The molecule has 2 aliphatic rings. The molecule has 2 rings (SSSR count). The van der Waals surface area contributed by atoms with Crippen LogP contribution in [0.25, 0.3) is 0 Å². The Labute approximate surface area is 196 Å². The summed E-state index contributed by atoms with van der Waals surface area (Å²) in [7, 11) is 0. The second kappa shape index (κ2) is 13.4. The summed E-state index contributed by atoms with van der Waals surface area (Å²) in [5.41, 5.74) is 11.1. The highest BCUT2D eigenvalue weighted by atomic mass is 35.5. The molecule has 0 amide bonds. The first-order chi connectivity index (χ1) is 15.1. The van der Waals surface area contributed by atoms with Gasteiger partial charge in [-0.3, -0.25) is 4.79 Å². The molecule has 2 fully saturated rings. The van der Waals surface area contributed by atoms with Gasteiger partial charge in [-0.25, -0.2) is 0 Å². The van der Waals surface area contributed by atoms with Gasteiger partial charge in [-0.05, 0) is 19.4 Å². The third kappa shape index (κ3) is 6.91. The van der Waals surface area contributed by atoms with Crippen molar-refractivity contribution in [1.29, 1.82) is 0 Å². The molecule has 0 unspecified atom stereocenters. The summed E-state index contributed by atoms with van der Waals surface area (Å²) in [6, 6.07) is -0.929. The molecule has 14 nitrogen and oxygen atoms in total. The van der Waals surface area contributed by atoms with Crippen molar-refractivity contribution < 1.29 is 59.5 Å². The summed E-state index contributed by atoms with van der Waals surface area (Å²) in [6.45, 7) is -1.81. The molecule has 2 aliphatic heterocycles. The maximum Gasteiger partial charge on any atom is 0.323 e. The number of carbonyl (C=O) groups excluding carboxylic acids is 1. The largest absolute Gasteiger partial charge is 0.462 e. The quantitative estimate of drug-likeness (QED) is 0.0940. The fraction of sp³-hybridized carbons (Fsp3) is 0.944. The maximum absolute atomic E-state index is 12.0. The number of hydrogen-bond acceptors (Lipinski definition) is 14. The molecule has 0 saturated carbocycles. The number of esters is 1. The Morgan fingerprint density at radius 3 is 2.21 bits per heavy atom. The molecule has 0 aromatic rings. The van der Waals surface area contributed by atoms with Crippen LogP contribution < -0.4 is 11.5 Å². The van der Waals surface area contributed by atoms with Gasteiger partial charge in [0.15, 0.2) is 6.29 Å². The molecule has 196 valence electrons. The van der Waals surface area contributed by atoms with Gasteiger partial charge < -0.3 is 66.2 Å². The van der Waals surface area contributed by atoms with Crippen LogP contribution in [0.5, 0.6) is 0 Å². The number of carbonyl (C=O) groups is 1. The Bertz CT molecular complexity index is 607. The minimum atomic E-state index is -2.30. The van der Waals surface area contributed by atoms with Crippen LogP contribution in [0.1, 0.15) is 19.3 Å². The van der Waals surface area contributed by atoms with E-state index in [0.717, 1.165) is 0 Å². The van der Waals surface area contributed by atoms with Crippen LogP contribution in [-0.2, 0) is 23.7 Å². The van der Waals surface area contributed by atoms with E-state index in [0.29, 0.717) is 25.8 Å². The Balaban J connectivity index is 0.00000544. The van der Waals surface area contributed by atoms with Crippen LogP contribution >= 0.6 is 12.4 Å². The molecule has 0 aliphatic carbocycles. The zero-order valence-electron chi connectivity index (χ0n) is 17.9. The van der Waals surface area contributed by atoms with Gasteiger partial charge in [-0.2, -0.15) is 0 Å². The van der Waals surface area contributed by atoms with Gasteiger partial charge in [0.25, 0.3) is 0 Å². The molecule has 0 radical (unpaired) electrons. The average molecular weight is 507 g/mol. The van der Waals surface area contributed by atoms with Crippen LogP contribution in [0.2, 0.25) is 0 Å². The van der Waals surface area contributed by atoms with Crippen molar-refractivity contribution in [3.05, 3.63) is 0 Å². The highest BCUT2D eigenvalue weighted by Gasteiger charge is 2.58. The zero-order chi connectivity index (χ0) is 24.1. The Morgan fingerprint density at radius 1 is 1.00 bits per heavy atom. The lowest BCUT2D eigenvalue weighted by atomic mass is 9.99. The third-order valence-electron chi connectivity index (χ3n) is 5.55. The number of ether oxygens (including phenoxy) is 4. The molecule has 33 heavy (non-hydrogen) atoms. The number of nitrogens with two attached hydrogens (primary N) is 2. The van der Waals surface area contributed by atoms with Crippen molar-refractivity contribution in [3.8, 4) is 0 Å². The second-order valence-corrected chi connectivity index (χ2v) is 7.90. The molecule has 15 heteroatoms. The molecule has 10 atom stereocenters. The molecule has 0 aromatic heterocycles. The van der Waals surface area contributed by atoms with Gasteiger partial charge in [0.05, 0.1) is 6.61 Å². The monoisotopic (exact) mass is 506 g/mol. The maximum atomic E-state index is 12.0. The minimum absolute atomic E-state index is 0. The van der Waals surface area contributed by atoms with E-state index in [4.69, 9.17) is 30.4 Å². The predicted octanol–water partition coefficient (Wildman–Crippen LogP) is -4.97. The van der Waals surface area contributed by atoms with Crippen LogP contribution in [0.4, 0.5) is 0 Å². The SMILES string of the molecule is Cl.NCCCC[C@H](N)C(=O)OC[C@H]1O[C@H](O[C@]2(CO)O[C@H](CO)[C@@H](O)[C@@H]2O)[C@H](O)[C@@H](O)[C@@H]1O. The summed E-state index contributed by atoms with van der Waals surface area (Å²) < 4.78 is 21.0.